The van der Waals surface area contributed by atoms with Crippen LogP contribution in [0.5, 0.6) is 0 Å². The van der Waals surface area contributed by atoms with Gasteiger partial charge in [0.25, 0.3) is 0 Å². The van der Waals surface area contributed by atoms with E-state index < -0.39 is 0 Å². The smallest absolute Gasteiger partial charge is 0.159 e. The molecule has 0 aromatic carbocycles. The fourth-order valence-corrected chi connectivity index (χ4v) is 1.03. The Morgan fingerprint density at radius 1 is 1.36 bits per heavy atom. The Bertz CT molecular complexity index is 113. The minimum absolute atomic E-state index is 0.00259. The van der Waals surface area contributed by atoms with Crippen LogP contribution < -0.4 is 0 Å². The van der Waals surface area contributed by atoms with E-state index in [-0.39, 0.29) is 25.1 Å². The maximum Gasteiger partial charge on any atom is 0.159 e. The van der Waals surface area contributed by atoms with Crippen molar-refractivity contribution in [3.8, 4) is 0 Å². The van der Waals surface area contributed by atoms with Gasteiger partial charge in [-0.1, -0.05) is 0 Å². The summed E-state index contributed by atoms with van der Waals surface area (Å²) in [6, 6.07) is 0. The summed E-state index contributed by atoms with van der Waals surface area (Å²) in [5.74, 6) is 0. The lowest BCUT2D eigenvalue weighted by Gasteiger charge is -2.10. The number of epoxide rings is 1. The van der Waals surface area contributed by atoms with E-state index in [9.17, 15) is 0 Å². The lowest BCUT2D eigenvalue weighted by molar-refractivity contribution is -0.109. The van der Waals surface area contributed by atoms with Crippen LogP contribution in [0.4, 0.5) is 0 Å². The zero-order valence-electron chi connectivity index (χ0n) is 6.82. The van der Waals surface area contributed by atoms with Gasteiger partial charge >= 0.3 is 0 Å². The largest absolute Gasteiger partial charge is 0.394 e. The van der Waals surface area contributed by atoms with Crippen LogP contribution in [0.3, 0.4) is 0 Å². The molecule has 1 N–H and O–H groups in total. The summed E-state index contributed by atoms with van der Waals surface area (Å²) >= 11 is 0. The first kappa shape index (κ1) is 8.93. The second-order valence-corrected chi connectivity index (χ2v) is 2.53. The third-order valence-electron chi connectivity index (χ3n) is 1.82. The highest BCUT2D eigenvalue weighted by molar-refractivity contribution is 4.84. The van der Waals surface area contributed by atoms with E-state index in [4.69, 9.17) is 19.3 Å². The van der Waals surface area contributed by atoms with Crippen molar-refractivity contribution in [1.82, 2.24) is 0 Å². The molecule has 0 amide bonds. The molecule has 0 radical (unpaired) electrons. The highest BCUT2D eigenvalue weighted by Gasteiger charge is 2.39. The Balaban J connectivity index is 2.11. The third kappa shape index (κ3) is 2.41. The molecule has 1 fully saturated rings. The van der Waals surface area contributed by atoms with Crippen LogP contribution in [-0.2, 0) is 14.2 Å². The Kier molecular flexibility index (Phi) is 3.26. The van der Waals surface area contributed by atoms with Crippen LogP contribution >= 0.6 is 0 Å². The molecular weight excluding hydrogens is 148 g/mol. The van der Waals surface area contributed by atoms with Crippen molar-refractivity contribution >= 4 is 0 Å². The first-order valence-electron chi connectivity index (χ1n) is 3.63. The fraction of sp³-hybridized carbons (Fsp3) is 1.00. The number of rotatable bonds is 5. The maximum absolute atomic E-state index is 8.63. The first-order chi connectivity index (χ1) is 5.31. The fourth-order valence-electron chi connectivity index (χ4n) is 1.03. The minimum atomic E-state index is -0.212. The summed E-state index contributed by atoms with van der Waals surface area (Å²) in [6.07, 6.45) is 0.599. The van der Waals surface area contributed by atoms with Crippen molar-refractivity contribution < 1.29 is 19.3 Å². The molecule has 1 heterocycles. The summed E-state index contributed by atoms with van der Waals surface area (Å²) in [5.41, 5.74) is 0. The van der Waals surface area contributed by atoms with Crippen molar-refractivity contribution in [2.75, 3.05) is 20.8 Å². The molecule has 11 heavy (non-hydrogen) atoms. The van der Waals surface area contributed by atoms with Crippen LogP contribution in [0.15, 0.2) is 0 Å². The lowest BCUT2D eigenvalue weighted by Crippen LogP contribution is -2.16. The normalized spacial score (nSPS) is 29.5. The molecule has 1 aliphatic rings. The van der Waals surface area contributed by atoms with Crippen LogP contribution in [0.2, 0.25) is 0 Å². The van der Waals surface area contributed by atoms with Gasteiger partial charge in [-0.3, -0.25) is 0 Å². The van der Waals surface area contributed by atoms with Gasteiger partial charge in [0.15, 0.2) is 6.29 Å². The molecule has 0 saturated carbocycles. The van der Waals surface area contributed by atoms with Crippen LogP contribution in [0, 0.1) is 0 Å². The molecule has 4 nitrogen and oxygen atoms in total. The molecule has 0 aromatic rings. The van der Waals surface area contributed by atoms with Gasteiger partial charge in [0.05, 0.1) is 12.7 Å². The van der Waals surface area contributed by atoms with E-state index in [1.165, 1.54) is 0 Å². The SMILES string of the molecule is COC(C[C@H]1O[C@@H]1CO)OC. The van der Waals surface area contributed by atoms with Crippen molar-refractivity contribution in [2.24, 2.45) is 0 Å². The van der Waals surface area contributed by atoms with Gasteiger partial charge in [0.2, 0.25) is 0 Å². The molecule has 0 aromatic heterocycles. The Hall–Kier alpha value is -0.160. The van der Waals surface area contributed by atoms with E-state index in [2.05, 4.69) is 0 Å². The number of ether oxygens (including phenoxy) is 3. The van der Waals surface area contributed by atoms with Gasteiger partial charge in [0, 0.05) is 20.6 Å². The quantitative estimate of drug-likeness (QED) is 0.447. The average molecular weight is 162 g/mol. The summed E-state index contributed by atoms with van der Waals surface area (Å²) in [6.45, 7) is 0.0881. The van der Waals surface area contributed by atoms with Gasteiger partial charge in [-0.15, -0.1) is 0 Å². The monoisotopic (exact) mass is 162 g/mol. The van der Waals surface area contributed by atoms with Crippen LogP contribution in [0.25, 0.3) is 0 Å². The highest BCUT2D eigenvalue weighted by atomic mass is 16.7. The maximum atomic E-state index is 8.63. The van der Waals surface area contributed by atoms with Crippen molar-refractivity contribution in [2.45, 2.75) is 24.9 Å². The van der Waals surface area contributed by atoms with Gasteiger partial charge in [-0.2, -0.15) is 0 Å². The number of hydrogen-bond donors (Lipinski definition) is 1. The van der Waals surface area contributed by atoms with Gasteiger partial charge < -0.3 is 19.3 Å². The van der Waals surface area contributed by atoms with Crippen molar-refractivity contribution in [1.29, 1.82) is 0 Å². The zero-order valence-corrected chi connectivity index (χ0v) is 6.82. The predicted molar refractivity (Wildman–Crippen MR) is 38.2 cm³/mol. The summed E-state index contributed by atoms with van der Waals surface area (Å²) in [4.78, 5) is 0. The van der Waals surface area contributed by atoms with Gasteiger partial charge in [-0.05, 0) is 0 Å². The minimum Gasteiger partial charge on any atom is -0.394 e. The van der Waals surface area contributed by atoms with Crippen molar-refractivity contribution in [3.05, 3.63) is 0 Å². The standard InChI is InChI=1S/C7H14O4/c1-9-7(10-2)3-5-6(4-8)11-5/h5-8H,3-4H2,1-2H3/t5-,6-/m1/s1. The number of aliphatic hydroxyl groups excluding tert-OH is 1. The number of hydrogen-bond acceptors (Lipinski definition) is 4. The lowest BCUT2D eigenvalue weighted by atomic mass is 10.2. The number of methoxy groups -OCH3 is 2. The second-order valence-electron chi connectivity index (χ2n) is 2.53. The molecule has 1 rings (SSSR count). The molecule has 0 unspecified atom stereocenters. The summed E-state index contributed by atoms with van der Waals surface area (Å²) in [5, 5.41) is 8.63. The molecule has 66 valence electrons. The number of aliphatic hydroxyl groups is 1. The van der Waals surface area contributed by atoms with E-state index in [1.54, 1.807) is 14.2 Å². The zero-order chi connectivity index (χ0) is 8.27. The third-order valence-corrected chi connectivity index (χ3v) is 1.82. The van der Waals surface area contributed by atoms with Crippen LogP contribution in [0.1, 0.15) is 6.42 Å². The molecule has 0 aliphatic carbocycles. The summed E-state index contributed by atoms with van der Waals surface area (Å²) < 4.78 is 15.0. The molecule has 1 saturated heterocycles. The Morgan fingerprint density at radius 3 is 2.36 bits per heavy atom. The summed E-state index contributed by atoms with van der Waals surface area (Å²) in [7, 11) is 3.18. The Morgan fingerprint density at radius 2 is 2.00 bits per heavy atom. The molecule has 1 aliphatic heterocycles. The highest BCUT2D eigenvalue weighted by Crippen LogP contribution is 2.26. The molecule has 2 atom stereocenters. The molecular formula is C7H14O4. The van der Waals surface area contributed by atoms with E-state index in [1.807, 2.05) is 0 Å². The predicted octanol–water partition coefficient (Wildman–Crippen LogP) is -0.245. The molecule has 4 heteroatoms. The first-order valence-corrected chi connectivity index (χ1v) is 3.63. The van der Waals surface area contributed by atoms with Crippen molar-refractivity contribution in [3.63, 3.8) is 0 Å². The van der Waals surface area contributed by atoms with E-state index >= 15 is 0 Å². The van der Waals surface area contributed by atoms with Gasteiger partial charge in [-0.25, -0.2) is 0 Å². The van der Waals surface area contributed by atoms with E-state index in [0.717, 1.165) is 0 Å². The molecule has 0 bridgehead atoms. The van der Waals surface area contributed by atoms with Gasteiger partial charge in [0.1, 0.15) is 6.10 Å². The van der Waals surface area contributed by atoms with Crippen LogP contribution in [-0.4, -0.2) is 44.4 Å². The second kappa shape index (κ2) is 4.01. The Labute approximate surface area is 66.1 Å². The van der Waals surface area contributed by atoms with E-state index in [0.29, 0.717) is 6.42 Å². The topological polar surface area (TPSA) is 51.2 Å². The molecule has 0 spiro atoms. The average Bonchev–Trinajstić information content (AvgIpc) is 2.78.